The molecule has 1 amide bonds. The van der Waals surface area contributed by atoms with Crippen LogP contribution in [0.15, 0.2) is 42.6 Å². The molecule has 0 bridgehead atoms. The number of ether oxygens (including phenoxy) is 2. The van der Waals surface area contributed by atoms with Crippen molar-refractivity contribution >= 4 is 28.4 Å². The van der Waals surface area contributed by atoms with Crippen molar-refractivity contribution in [2.75, 3.05) is 26.4 Å². The summed E-state index contributed by atoms with van der Waals surface area (Å²) in [7, 11) is 0. The van der Waals surface area contributed by atoms with Gasteiger partial charge in [-0.15, -0.1) is 0 Å². The number of aryl methyl sites for hydroxylation is 1. The molecule has 0 unspecified atom stereocenters. The molecular formula is C25H29ClF3N3O4. The minimum Gasteiger partial charge on any atom is -0.488 e. The topological polar surface area (TPSA) is 98.7 Å². The number of nitrogens with zero attached hydrogens (tertiary/aromatic N) is 1. The first-order valence-electron chi connectivity index (χ1n) is 11.5. The number of fused-ring (bicyclic) bond motifs is 1. The van der Waals surface area contributed by atoms with Crippen LogP contribution in [-0.4, -0.2) is 54.2 Å². The van der Waals surface area contributed by atoms with E-state index >= 15 is 0 Å². The first-order chi connectivity index (χ1) is 17.1. The zero-order valence-corrected chi connectivity index (χ0v) is 20.5. The van der Waals surface area contributed by atoms with E-state index in [4.69, 9.17) is 31.9 Å². The van der Waals surface area contributed by atoms with Crippen LogP contribution in [0.3, 0.4) is 0 Å². The third kappa shape index (κ3) is 7.52. The number of carbonyl (C=O) groups is 1. The summed E-state index contributed by atoms with van der Waals surface area (Å²) in [6.45, 7) is 1.72. The zero-order valence-electron chi connectivity index (χ0n) is 19.8. The van der Waals surface area contributed by atoms with Crippen LogP contribution in [0.4, 0.5) is 13.2 Å². The van der Waals surface area contributed by atoms with Crippen molar-refractivity contribution in [3.8, 4) is 11.5 Å². The summed E-state index contributed by atoms with van der Waals surface area (Å²) in [6.07, 6.45) is -1.62. The number of aliphatic hydroxyl groups excluding tert-OH is 1. The molecule has 4 N–H and O–H groups in total. The van der Waals surface area contributed by atoms with Crippen molar-refractivity contribution in [1.82, 2.24) is 9.88 Å². The third-order valence-electron chi connectivity index (χ3n) is 5.44. The number of alkyl halides is 3. The molecule has 0 aliphatic carbocycles. The van der Waals surface area contributed by atoms with Gasteiger partial charge in [-0.2, -0.15) is 13.2 Å². The fourth-order valence-electron chi connectivity index (χ4n) is 3.92. The second kappa shape index (κ2) is 12.3. The second-order valence-corrected chi connectivity index (χ2v) is 8.82. The van der Waals surface area contributed by atoms with Gasteiger partial charge in [0.05, 0.1) is 16.1 Å². The lowest BCUT2D eigenvalue weighted by molar-refractivity contribution is -0.153. The molecule has 7 nitrogen and oxygen atoms in total. The molecule has 0 saturated heterocycles. The molecule has 1 aromatic heterocycles. The Labute approximate surface area is 211 Å². The lowest BCUT2D eigenvalue weighted by Crippen LogP contribution is -2.32. The summed E-state index contributed by atoms with van der Waals surface area (Å²) in [4.78, 5) is 12.2. The van der Waals surface area contributed by atoms with E-state index in [1.54, 1.807) is 30.5 Å². The Morgan fingerprint density at radius 1 is 1.22 bits per heavy atom. The van der Waals surface area contributed by atoms with Gasteiger partial charge in [-0.1, -0.05) is 23.7 Å². The van der Waals surface area contributed by atoms with Crippen LogP contribution < -0.4 is 20.5 Å². The standard InChI is InChI=1S/C25H29ClF3N3O4/c1-16(31-7-10-35-21-5-2-3-6-22(21)36-15-25(27,28)29)11-17-12-18-20(26)14-32(8-4-9-33)23(18)19(13-17)24(30)34/h2-3,5-6,12-14,16,31,33H,4,7-11,15H2,1H3,(H2,30,34)/t16-/m1/s1. The number of hydrogen-bond acceptors (Lipinski definition) is 5. The minimum absolute atomic E-state index is 0.0142. The normalized spacial score (nSPS) is 12.6. The Bertz CT molecular complexity index is 1180. The summed E-state index contributed by atoms with van der Waals surface area (Å²) in [5.41, 5.74) is 7.52. The van der Waals surface area contributed by atoms with Gasteiger partial charge in [0.15, 0.2) is 18.1 Å². The van der Waals surface area contributed by atoms with E-state index in [1.807, 2.05) is 17.6 Å². The molecule has 1 heterocycles. The van der Waals surface area contributed by atoms with Crippen LogP contribution in [0.2, 0.25) is 5.02 Å². The maximum atomic E-state index is 12.5. The van der Waals surface area contributed by atoms with Crippen LogP contribution in [-0.2, 0) is 13.0 Å². The highest BCUT2D eigenvalue weighted by Crippen LogP contribution is 2.31. The summed E-state index contributed by atoms with van der Waals surface area (Å²) in [6, 6.07) is 9.85. The Morgan fingerprint density at radius 2 is 1.92 bits per heavy atom. The fourth-order valence-corrected chi connectivity index (χ4v) is 4.18. The van der Waals surface area contributed by atoms with Gasteiger partial charge in [-0.25, -0.2) is 0 Å². The highest BCUT2D eigenvalue weighted by molar-refractivity contribution is 6.36. The highest BCUT2D eigenvalue weighted by atomic mass is 35.5. The number of hydrogen-bond donors (Lipinski definition) is 3. The Morgan fingerprint density at radius 3 is 2.56 bits per heavy atom. The molecule has 2 aromatic carbocycles. The largest absolute Gasteiger partial charge is 0.488 e. The SMILES string of the molecule is C[C@H](Cc1cc(C(N)=O)c2c(c1)c(Cl)cn2CCCO)NCCOc1ccccc1OCC(F)(F)F. The highest BCUT2D eigenvalue weighted by Gasteiger charge is 2.29. The van der Waals surface area contributed by atoms with Crippen molar-refractivity contribution in [3.05, 3.63) is 58.7 Å². The molecular weight excluding hydrogens is 499 g/mol. The molecule has 0 aliphatic heterocycles. The summed E-state index contributed by atoms with van der Waals surface area (Å²) in [5, 5.41) is 13.6. The fraction of sp³-hybridized carbons (Fsp3) is 0.400. The van der Waals surface area contributed by atoms with E-state index in [0.29, 0.717) is 47.4 Å². The monoisotopic (exact) mass is 527 g/mol. The quantitative estimate of drug-likeness (QED) is 0.288. The Balaban J connectivity index is 1.60. The predicted molar refractivity (Wildman–Crippen MR) is 132 cm³/mol. The molecule has 0 fully saturated rings. The summed E-state index contributed by atoms with van der Waals surface area (Å²) >= 11 is 6.42. The molecule has 11 heteroatoms. The summed E-state index contributed by atoms with van der Waals surface area (Å²) in [5.74, 6) is -0.312. The van der Waals surface area contributed by atoms with Crippen molar-refractivity contribution < 1.29 is 32.5 Å². The second-order valence-electron chi connectivity index (χ2n) is 8.41. The Hall–Kier alpha value is -2.95. The number of para-hydroxylation sites is 2. The van der Waals surface area contributed by atoms with Crippen LogP contribution in [0.25, 0.3) is 10.9 Å². The van der Waals surface area contributed by atoms with E-state index in [0.717, 1.165) is 5.56 Å². The molecule has 3 aromatic rings. The lowest BCUT2D eigenvalue weighted by atomic mass is 10.0. The van der Waals surface area contributed by atoms with Gasteiger partial charge in [0.1, 0.15) is 6.61 Å². The molecule has 0 aliphatic rings. The maximum absolute atomic E-state index is 12.5. The van der Waals surface area contributed by atoms with E-state index in [2.05, 4.69) is 5.32 Å². The molecule has 36 heavy (non-hydrogen) atoms. The average molecular weight is 528 g/mol. The molecule has 1 atom stereocenters. The lowest BCUT2D eigenvalue weighted by Gasteiger charge is -2.17. The zero-order chi connectivity index (χ0) is 26.3. The molecule has 3 rings (SSSR count). The van der Waals surface area contributed by atoms with Crippen molar-refractivity contribution in [3.63, 3.8) is 0 Å². The molecule has 0 spiro atoms. The number of amides is 1. The van der Waals surface area contributed by atoms with E-state index in [1.165, 1.54) is 6.07 Å². The van der Waals surface area contributed by atoms with Crippen molar-refractivity contribution in [1.29, 1.82) is 0 Å². The molecule has 0 radical (unpaired) electrons. The number of carbonyl (C=O) groups excluding carboxylic acids is 1. The van der Waals surface area contributed by atoms with Gasteiger partial charge in [-0.05, 0) is 49.6 Å². The first-order valence-corrected chi connectivity index (χ1v) is 11.8. The average Bonchev–Trinajstić information content (AvgIpc) is 3.14. The number of rotatable bonds is 13. The number of primary amides is 1. The van der Waals surface area contributed by atoms with Crippen LogP contribution >= 0.6 is 11.6 Å². The van der Waals surface area contributed by atoms with Crippen LogP contribution in [0.5, 0.6) is 11.5 Å². The van der Waals surface area contributed by atoms with E-state index in [-0.39, 0.29) is 30.8 Å². The van der Waals surface area contributed by atoms with Gasteiger partial charge in [0, 0.05) is 37.3 Å². The number of benzene rings is 2. The Kier molecular flexibility index (Phi) is 9.47. The van der Waals surface area contributed by atoms with Crippen LogP contribution in [0.1, 0.15) is 29.3 Å². The van der Waals surface area contributed by atoms with Gasteiger partial charge >= 0.3 is 6.18 Å². The third-order valence-corrected chi connectivity index (χ3v) is 5.74. The number of halogens is 4. The summed E-state index contributed by atoms with van der Waals surface area (Å²) < 4.78 is 49.6. The number of aromatic nitrogens is 1. The molecule has 196 valence electrons. The van der Waals surface area contributed by atoms with Crippen molar-refractivity contribution in [2.45, 2.75) is 38.5 Å². The molecule has 0 saturated carbocycles. The first kappa shape index (κ1) is 27.6. The van der Waals surface area contributed by atoms with Gasteiger partial charge in [0.25, 0.3) is 5.91 Å². The number of nitrogens with two attached hydrogens (primary N) is 1. The van der Waals surface area contributed by atoms with E-state index in [9.17, 15) is 18.0 Å². The van der Waals surface area contributed by atoms with Crippen molar-refractivity contribution in [2.24, 2.45) is 5.73 Å². The van der Waals surface area contributed by atoms with E-state index < -0.39 is 18.7 Å². The van der Waals surface area contributed by atoms with Gasteiger partial charge in [0.2, 0.25) is 0 Å². The minimum atomic E-state index is -4.44. The number of nitrogens with one attached hydrogen (secondary N) is 1. The smallest absolute Gasteiger partial charge is 0.422 e. The van der Waals surface area contributed by atoms with Gasteiger partial charge in [-0.3, -0.25) is 4.79 Å². The van der Waals surface area contributed by atoms with Crippen LogP contribution in [0, 0.1) is 0 Å². The maximum Gasteiger partial charge on any atom is 0.422 e. The predicted octanol–water partition coefficient (Wildman–Crippen LogP) is 4.32. The number of aliphatic hydroxyl groups is 1. The van der Waals surface area contributed by atoms with Gasteiger partial charge < -0.3 is 30.2 Å².